The number of pyridine rings is 1. The first-order valence-corrected chi connectivity index (χ1v) is 9.70. The number of rotatable bonds is 6. The third-order valence-corrected chi connectivity index (χ3v) is 5.50. The Bertz CT molecular complexity index is 967. The van der Waals surface area contributed by atoms with E-state index in [1.165, 1.54) is 16.6 Å². The van der Waals surface area contributed by atoms with E-state index in [0.717, 1.165) is 31.4 Å². The van der Waals surface area contributed by atoms with Gasteiger partial charge in [-0.15, -0.1) is 0 Å². The highest BCUT2D eigenvalue weighted by Crippen LogP contribution is 2.41. The van der Waals surface area contributed by atoms with Gasteiger partial charge in [0.1, 0.15) is 18.4 Å². The van der Waals surface area contributed by atoms with E-state index in [-0.39, 0.29) is 11.4 Å². The number of anilines is 1. The molecular formula is C21H24N6O2. The molecule has 0 unspecified atom stereocenters. The first-order chi connectivity index (χ1) is 14.2. The molecule has 0 bridgehead atoms. The maximum Gasteiger partial charge on any atom is 0.319 e. The Labute approximate surface area is 169 Å². The number of nitrogens with one attached hydrogen (secondary N) is 2. The Kier molecular flexibility index (Phi) is 5.41. The zero-order valence-electron chi connectivity index (χ0n) is 16.3. The SMILES string of the molecule is COc1cccc(C2(CNC(=O)Nc3cccnc3-n3cncn3)CCCC2)c1. The van der Waals surface area contributed by atoms with Crippen molar-refractivity contribution in [3.63, 3.8) is 0 Å². The van der Waals surface area contributed by atoms with Crippen LogP contribution in [0, 0.1) is 0 Å². The molecular weight excluding hydrogens is 368 g/mol. The lowest BCUT2D eigenvalue weighted by Crippen LogP contribution is -2.41. The van der Waals surface area contributed by atoms with Gasteiger partial charge in [-0.2, -0.15) is 5.10 Å². The Morgan fingerprint density at radius 2 is 2.10 bits per heavy atom. The van der Waals surface area contributed by atoms with Crippen LogP contribution in [0.2, 0.25) is 0 Å². The first-order valence-electron chi connectivity index (χ1n) is 9.70. The number of benzene rings is 1. The lowest BCUT2D eigenvalue weighted by atomic mass is 9.78. The molecule has 4 rings (SSSR count). The monoisotopic (exact) mass is 392 g/mol. The molecule has 0 spiro atoms. The van der Waals surface area contributed by atoms with Crippen molar-refractivity contribution in [2.75, 3.05) is 19.0 Å². The van der Waals surface area contributed by atoms with Crippen LogP contribution in [0.1, 0.15) is 31.2 Å². The van der Waals surface area contributed by atoms with Crippen molar-refractivity contribution in [2.24, 2.45) is 0 Å². The van der Waals surface area contributed by atoms with Crippen LogP contribution in [0.4, 0.5) is 10.5 Å². The summed E-state index contributed by atoms with van der Waals surface area (Å²) in [4.78, 5) is 20.9. The van der Waals surface area contributed by atoms with E-state index in [9.17, 15) is 4.79 Å². The molecule has 1 aromatic carbocycles. The molecule has 0 saturated heterocycles. The predicted octanol–water partition coefficient (Wildman–Crippen LogP) is 3.30. The minimum absolute atomic E-state index is 0.0739. The first kappa shape index (κ1) is 18.9. The lowest BCUT2D eigenvalue weighted by molar-refractivity contribution is 0.248. The van der Waals surface area contributed by atoms with Crippen molar-refractivity contribution in [1.29, 1.82) is 0 Å². The van der Waals surface area contributed by atoms with Gasteiger partial charge in [-0.25, -0.2) is 19.4 Å². The number of nitrogens with zero attached hydrogens (tertiary/aromatic N) is 4. The zero-order chi connectivity index (χ0) is 20.1. The van der Waals surface area contributed by atoms with E-state index in [4.69, 9.17) is 4.74 Å². The number of urea groups is 1. The number of hydrogen-bond acceptors (Lipinski definition) is 5. The van der Waals surface area contributed by atoms with Crippen LogP contribution in [0.25, 0.3) is 5.82 Å². The van der Waals surface area contributed by atoms with Gasteiger partial charge in [0, 0.05) is 18.2 Å². The molecule has 3 aromatic rings. The van der Waals surface area contributed by atoms with Gasteiger partial charge in [0.15, 0.2) is 5.82 Å². The van der Waals surface area contributed by atoms with Crippen LogP contribution < -0.4 is 15.4 Å². The van der Waals surface area contributed by atoms with Crippen LogP contribution in [0.15, 0.2) is 55.2 Å². The maximum absolute atomic E-state index is 12.7. The van der Waals surface area contributed by atoms with Crippen LogP contribution in [-0.4, -0.2) is 39.4 Å². The Morgan fingerprint density at radius 3 is 2.86 bits per heavy atom. The fourth-order valence-electron chi connectivity index (χ4n) is 3.98. The molecule has 8 nitrogen and oxygen atoms in total. The van der Waals surface area contributed by atoms with E-state index >= 15 is 0 Å². The number of ether oxygens (including phenoxy) is 1. The summed E-state index contributed by atoms with van der Waals surface area (Å²) in [5.74, 6) is 1.36. The molecule has 1 fully saturated rings. The zero-order valence-corrected chi connectivity index (χ0v) is 16.3. The van der Waals surface area contributed by atoms with Gasteiger partial charge in [0.2, 0.25) is 0 Å². The number of hydrogen-bond donors (Lipinski definition) is 2. The van der Waals surface area contributed by atoms with Crippen molar-refractivity contribution in [2.45, 2.75) is 31.1 Å². The van der Waals surface area contributed by atoms with Gasteiger partial charge in [-0.1, -0.05) is 25.0 Å². The summed E-state index contributed by atoms with van der Waals surface area (Å²) in [6, 6.07) is 11.4. The summed E-state index contributed by atoms with van der Waals surface area (Å²) >= 11 is 0. The van der Waals surface area contributed by atoms with Gasteiger partial charge in [-0.05, 0) is 42.7 Å². The summed E-state index contributed by atoms with van der Waals surface area (Å²) in [5.41, 5.74) is 1.70. The van der Waals surface area contributed by atoms with Crippen LogP contribution in [-0.2, 0) is 5.41 Å². The fraction of sp³-hybridized carbons (Fsp3) is 0.333. The minimum Gasteiger partial charge on any atom is -0.497 e. The number of amides is 2. The number of carbonyl (C=O) groups is 1. The Morgan fingerprint density at radius 1 is 1.24 bits per heavy atom. The molecule has 8 heteroatoms. The highest BCUT2D eigenvalue weighted by molar-refractivity contribution is 5.91. The second-order valence-electron chi connectivity index (χ2n) is 7.24. The van der Waals surface area contributed by atoms with Gasteiger partial charge in [-0.3, -0.25) is 0 Å². The third-order valence-electron chi connectivity index (χ3n) is 5.50. The maximum atomic E-state index is 12.7. The molecule has 150 valence electrons. The normalized spacial score (nSPS) is 15.1. The molecule has 0 atom stereocenters. The molecule has 1 saturated carbocycles. The average molecular weight is 392 g/mol. The number of aromatic nitrogens is 4. The van der Waals surface area contributed by atoms with E-state index in [2.05, 4.69) is 37.8 Å². The molecule has 2 aromatic heterocycles. The van der Waals surface area contributed by atoms with Crippen molar-refractivity contribution >= 4 is 11.7 Å². The van der Waals surface area contributed by atoms with E-state index < -0.39 is 0 Å². The minimum atomic E-state index is -0.270. The number of carbonyl (C=O) groups excluding carboxylic acids is 1. The van der Waals surface area contributed by atoms with Crippen LogP contribution in [0.3, 0.4) is 0 Å². The molecule has 1 aliphatic carbocycles. The Balaban J connectivity index is 1.47. The van der Waals surface area contributed by atoms with Gasteiger partial charge in [0.25, 0.3) is 0 Å². The quantitative estimate of drug-likeness (QED) is 0.671. The summed E-state index contributed by atoms with van der Waals surface area (Å²) in [7, 11) is 1.67. The molecule has 0 radical (unpaired) electrons. The Hall–Kier alpha value is -3.42. The highest BCUT2D eigenvalue weighted by Gasteiger charge is 2.36. The van der Waals surface area contributed by atoms with E-state index in [1.54, 1.807) is 31.8 Å². The summed E-state index contributed by atoms with van der Waals surface area (Å²) < 4.78 is 6.91. The summed E-state index contributed by atoms with van der Waals surface area (Å²) in [5, 5.41) is 10.0. The standard InChI is InChI=1S/C21H24N6O2/c1-29-17-7-4-6-16(12-17)21(9-2-3-10-21)13-24-20(28)26-18-8-5-11-23-19(18)27-15-22-14-25-27/h4-8,11-12,14-15H,2-3,9-10,13H2,1H3,(H2,24,26,28). The highest BCUT2D eigenvalue weighted by atomic mass is 16.5. The molecule has 29 heavy (non-hydrogen) atoms. The molecule has 0 aliphatic heterocycles. The lowest BCUT2D eigenvalue weighted by Gasteiger charge is -2.30. The van der Waals surface area contributed by atoms with Crippen LogP contribution in [0.5, 0.6) is 5.75 Å². The van der Waals surface area contributed by atoms with Crippen molar-refractivity contribution in [3.05, 3.63) is 60.8 Å². The van der Waals surface area contributed by atoms with Crippen molar-refractivity contribution in [3.8, 4) is 11.6 Å². The smallest absolute Gasteiger partial charge is 0.319 e. The second-order valence-corrected chi connectivity index (χ2v) is 7.24. The largest absolute Gasteiger partial charge is 0.497 e. The fourth-order valence-corrected chi connectivity index (χ4v) is 3.98. The van der Waals surface area contributed by atoms with E-state index in [1.807, 2.05) is 12.1 Å². The molecule has 1 aliphatic rings. The van der Waals surface area contributed by atoms with Crippen molar-refractivity contribution in [1.82, 2.24) is 25.1 Å². The molecule has 2 heterocycles. The van der Waals surface area contributed by atoms with Crippen LogP contribution >= 0.6 is 0 Å². The summed E-state index contributed by atoms with van der Waals surface area (Å²) in [6.45, 7) is 0.560. The molecule has 2 amide bonds. The second kappa shape index (κ2) is 8.30. The average Bonchev–Trinajstić information content (AvgIpc) is 3.46. The van der Waals surface area contributed by atoms with Gasteiger partial charge >= 0.3 is 6.03 Å². The molecule has 2 N–H and O–H groups in total. The predicted molar refractivity (Wildman–Crippen MR) is 109 cm³/mol. The number of methoxy groups -OCH3 is 1. The topological polar surface area (TPSA) is 94.0 Å². The van der Waals surface area contributed by atoms with E-state index in [0.29, 0.717) is 18.1 Å². The van der Waals surface area contributed by atoms with Gasteiger partial charge in [0.05, 0.1) is 12.8 Å². The third kappa shape index (κ3) is 4.06. The van der Waals surface area contributed by atoms with Gasteiger partial charge < -0.3 is 15.4 Å². The summed E-state index contributed by atoms with van der Waals surface area (Å²) in [6.07, 6.45) is 9.00. The van der Waals surface area contributed by atoms with Crippen molar-refractivity contribution < 1.29 is 9.53 Å².